The fourth-order valence-electron chi connectivity index (χ4n) is 1.72. The number of hydrogen-bond acceptors (Lipinski definition) is 4. The van der Waals surface area contributed by atoms with Gasteiger partial charge in [0.15, 0.2) is 0 Å². The van der Waals surface area contributed by atoms with Gasteiger partial charge in [-0.3, -0.25) is 10.3 Å². The molecule has 2 atom stereocenters. The summed E-state index contributed by atoms with van der Waals surface area (Å²) in [5.74, 6) is 0. The first kappa shape index (κ1) is 10.1. The van der Waals surface area contributed by atoms with Crippen LogP contribution in [0.2, 0.25) is 0 Å². The summed E-state index contributed by atoms with van der Waals surface area (Å²) in [4.78, 5) is 5.45. The molecule has 1 N–H and O–H groups in total. The summed E-state index contributed by atoms with van der Waals surface area (Å²) in [7, 11) is 0. The van der Waals surface area contributed by atoms with Gasteiger partial charge in [-0.15, -0.1) is 0 Å². The maximum Gasteiger partial charge on any atom is 0.120 e. The quantitative estimate of drug-likeness (QED) is 0.585. The maximum atomic E-state index is 5.45. The van der Waals surface area contributed by atoms with E-state index in [1.165, 1.54) is 0 Å². The second-order valence-corrected chi connectivity index (χ2v) is 4.39. The maximum absolute atomic E-state index is 5.45. The highest BCUT2D eigenvalue weighted by Gasteiger charge is 2.49. The molecule has 0 aromatic heterocycles. The van der Waals surface area contributed by atoms with Gasteiger partial charge in [-0.25, -0.2) is 0 Å². The van der Waals surface area contributed by atoms with Crippen molar-refractivity contribution in [3.8, 4) is 0 Å². The molecule has 2 aliphatic heterocycles. The summed E-state index contributed by atoms with van der Waals surface area (Å²) in [6.45, 7) is 2.22. The third kappa shape index (κ3) is 2.52. The first-order chi connectivity index (χ1) is 7.86. The molecule has 2 fully saturated rings. The molecule has 86 valence electrons. The van der Waals surface area contributed by atoms with Crippen LogP contribution in [0.25, 0.3) is 0 Å². The van der Waals surface area contributed by atoms with Crippen molar-refractivity contribution in [3.05, 3.63) is 30.3 Å². The Kier molecular flexibility index (Phi) is 2.55. The van der Waals surface area contributed by atoms with Gasteiger partial charge in [-0.05, 0) is 12.1 Å². The van der Waals surface area contributed by atoms with Crippen LogP contribution < -0.4 is 5.48 Å². The van der Waals surface area contributed by atoms with Gasteiger partial charge in [0.25, 0.3) is 0 Å². The van der Waals surface area contributed by atoms with Crippen molar-refractivity contribution in [2.75, 3.05) is 25.3 Å². The molecule has 2 unspecified atom stereocenters. The normalized spacial score (nSPS) is 31.1. The third-order valence-electron chi connectivity index (χ3n) is 2.85. The van der Waals surface area contributed by atoms with E-state index < -0.39 is 0 Å². The van der Waals surface area contributed by atoms with Crippen LogP contribution in [-0.4, -0.2) is 31.5 Å². The van der Waals surface area contributed by atoms with Gasteiger partial charge in [0, 0.05) is 6.42 Å². The van der Waals surface area contributed by atoms with Gasteiger partial charge < -0.3 is 9.47 Å². The van der Waals surface area contributed by atoms with Crippen molar-refractivity contribution in [2.24, 2.45) is 0 Å². The number of hydrogen-bond donors (Lipinski definition) is 1. The Morgan fingerprint density at radius 3 is 2.75 bits per heavy atom. The molecule has 16 heavy (non-hydrogen) atoms. The lowest BCUT2D eigenvalue weighted by Gasteiger charge is -2.11. The van der Waals surface area contributed by atoms with E-state index in [4.69, 9.17) is 14.3 Å². The van der Waals surface area contributed by atoms with Gasteiger partial charge in [-0.2, -0.15) is 0 Å². The molecule has 0 radical (unpaired) electrons. The molecule has 1 aromatic carbocycles. The lowest BCUT2D eigenvalue weighted by atomic mass is 10.1. The molecule has 0 aliphatic carbocycles. The largest absolute Gasteiger partial charge is 0.373 e. The van der Waals surface area contributed by atoms with E-state index in [0.29, 0.717) is 12.7 Å². The third-order valence-corrected chi connectivity index (χ3v) is 2.85. The average molecular weight is 221 g/mol. The molecular weight excluding hydrogens is 206 g/mol. The first-order valence-electron chi connectivity index (χ1n) is 5.55. The predicted molar refractivity (Wildman–Crippen MR) is 59.1 cm³/mol. The molecule has 0 saturated carbocycles. The molecule has 0 bridgehead atoms. The zero-order chi connectivity index (χ0) is 10.8. The number of anilines is 1. The monoisotopic (exact) mass is 221 g/mol. The van der Waals surface area contributed by atoms with Crippen LogP contribution in [0.4, 0.5) is 5.69 Å². The minimum atomic E-state index is -0.0943. The van der Waals surface area contributed by atoms with Crippen LogP contribution in [0, 0.1) is 0 Å². The van der Waals surface area contributed by atoms with Crippen molar-refractivity contribution < 1.29 is 14.3 Å². The standard InChI is InChI=1S/C12H15NO3/c1-2-4-10(5-3-1)13-16-9-12(8-15-12)6-11-7-14-11/h1-5,11,13H,6-9H2. The fourth-order valence-corrected chi connectivity index (χ4v) is 1.72. The average Bonchev–Trinajstić information content (AvgIpc) is 3.21. The smallest absolute Gasteiger partial charge is 0.120 e. The number of ether oxygens (including phenoxy) is 2. The van der Waals surface area contributed by atoms with Crippen LogP contribution >= 0.6 is 0 Å². The molecular formula is C12H15NO3. The van der Waals surface area contributed by atoms with E-state index >= 15 is 0 Å². The summed E-state index contributed by atoms with van der Waals surface area (Å²) in [6.07, 6.45) is 1.34. The molecule has 2 saturated heterocycles. The van der Waals surface area contributed by atoms with Crippen LogP contribution in [0.15, 0.2) is 30.3 Å². The Morgan fingerprint density at radius 2 is 2.12 bits per heavy atom. The molecule has 0 spiro atoms. The van der Waals surface area contributed by atoms with Crippen LogP contribution in [-0.2, 0) is 14.3 Å². The molecule has 1 aromatic rings. The summed E-state index contributed by atoms with van der Waals surface area (Å²) < 4.78 is 10.6. The Morgan fingerprint density at radius 1 is 1.38 bits per heavy atom. The Balaban J connectivity index is 1.43. The van der Waals surface area contributed by atoms with Crippen molar-refractivity contribution in [2.45, 2.75) is 18.1 Å². The molecule has 4 heteroatoms. The van der Waals surface area contributed by atoms with E-state index in [0.717, 1.165) is 25.3 Å². The number of para-hydroxylation sites is 1. The number of rotatable bonds is 6. The Labute approximate surface area is 94.5 Å². The van der Waals surface area contributed by atoms with Gasteiger partial charge in [0.1, 0.15) is 12.2 Å². The van der Waals surface area contributed by atoms with Crippen LogP contribution in [0.1, 0.15) is 6.42 Å². The van der Waals surface area contributed by atoms with Gasteiger partial charge in [0.2, 0.25) is 0 Å². The highest BCUT2D eigenvalue weighted by atomic mass is 16.7. The first-order valence-corrected chi connectivity index (χ1v) is 5.55. The molecule has 0 amide bonds. The van der Waals surface area contributed by atoms with E-state index in [2.05, 4.69) is 5.48 Å². The molecule has 3 rings (SSSR count). The van der Waals surface area contributed by atoms with E-state index in [-0.39, 0.29) is 5.60 Å². The fraction of sp³-hybridized carbons (Fsp3) is 0.500. The molecule has 2 heterocycles. The summed E-state index contributed by atoms with van der Waals surface area (Å²) in [5, 5.41) is 0. The highest BCUT2D eigenvalue weighted by Crippen LogP contribution is 2.36. The lowest BCUT2D eigenvalue weighted by molar-refractivity contribution is 0.108. The zero-order valence-corrected chi connectivity index (χ0v) is 9.02. The van der Waals surface area contributed by atoms with E-state index in [1.807, 2.05) is 30.3 Å². The predicted octanol–water partition coefficient (Wildman–Crippen LogP) is 1.59. The van der Waals surface area contributed by atoms with E-state index in [1.54, 1.807) is 0 Å². The van der Waals surface area contributed by atoms with Gasteiger partial charge in [0.05, 0.1) is 25.0 Å². The van der Waals surface area contributed by atoms with Gasteiger partial charge in [-0.1, -0.05) is 18.2 Å². The second-order valence-electron chi connectivity index (χ2n) is 4.39. The van der Waals surface area contributed by atoms with E-state index in [9.17, 15) is 0 Å². The number of epoxide rings is 2. The van der Waals surface area contributed by atoms with Crippen LogP contribution in [0.3, 0.4) is 0 Å². The number of nitrogens with one attached hydrogen (secondary N) is 1. The Bertz CT molecular complexity index is 347. The van der Waals surface area contributed by atoms with Crippen LogP contribution in [0.5, 0.6) is 0 Å². The summed E-state index contributed by atoms with van der Waals surface area (Å²) in [6, 6.07) is 9.83. The van der Waals surface area contributed by atoms with Crippen molar-refractivity contribution in [1.29, 1.82) is 0 Å². The van der Waals surface area contributed by atoms with Crippen molar-refractivity contribution in [3.63, 3.8) is 0 Å². The second kappa shape index (κ2) is 4.05. The molecule has 2 aliphatic rings. The minimum absolute atomic E-state index is 0.0943. The van der Waals surface area contributed by atoms with Gasteiger partial charge >= 0.3 is 0 Å². The minimum Gasteiger partial charge on any atom is -0.373 e. The highest BCUT2D eigenvalue weighted by molar-refractivity contribution is 5.40. The molecule has 4 nitrogen and oxygen atoms in total. The zero-order valence-electron chi connectivity index (χ0n) is 9.02. The SMILES string of the molecule is c1ccc(NOCC2(CC3CO3)CO2)cc1. The number of benzene rings is 1. The summed E-state index contributed by atoms with van der Waals surface area (Å²) >= 11 is 0. The van der Waals surface area contributed by atoms with Crippen molar-refractivity contribution >= 4 is 5.69 Å². The van der Waals surface area contributed by atoms with Crippen molar-refractivity contribution in [1.82, 2.24) is 0 Å². The lowest BCUT2D eigenvalue weighted by Crippen LogP contribution is -2.23. The summed E-state index contributed by atoms with van der Waals surface area (Å²) in [5.41, 5.74) is 3.78. The topological polar surface area (TPSA) is 46.3 Å². The Hall–Kier alpha value is -1.10.